The number of benzene rings is 2. The number of nitrogens with zero attached hydrogens (tertiary/aromatic N) is 2. The summed E-state index contributed by atoms with van der Waals surface area (Å²) in [5.41, 5.74) is 8.64. The minimum absolute atomic E-state index is 0.393. The molecule has 6 heteroatoms. The van der Waals surface area contributed by atoms with Crippen LogP contribution in [0.4, 0.5) is 0 Å². The Kier molecular flexibility index (Phi) is 6.66. The molecule has 0 heterocycles. The fraction of sp³-hybridized carbons (Fsp3) is 0.263. The van der Waals surface area contributed by atoms with Gasteiger partial charge in [-0.3, -0.25) is 0 Å². The molecule has 0 saturated heterocycles. The molecule has 0 unspecified atom stereocenters. The third-order valence-corrected chi connectivity index (χ3v) is 3.68. The second kappa shape index (κ2) is 9.18. The van der Waals surface area contributed by atoms with Crippen molar-refractivity contribution in [2.45, 2.75) is 13.0 Å². The fourth-order valence-corrected chi connectivity index (χ4v) is 2.29. The quantitative estimate of drug-likeness (QED) is 0.596. The van der Waals surface area contributed by atoms with E-state index in [1.165, 1.54) is 0 Å². The lowest BCUT2D eigenvalue weighted by Gasteiger charge is -2.10. The lowest BCUT2D eigenvalue weighted by atomic mass is 10.1. The molecule has 0 aromatic heterocycles. The number of aliphatic imine (C=N–C) groups is 1. The van der Waals surface area contributed by atoms with Gasteiger partial charge in [0.2, 0.25) is 0 Å². The minimum Gasteiger partial charge on any atom is -0.493 e. The standard InChI is InChI=1S/C19H22N4O2/c1-24-17-8-7-14(11-18(17)25-2)9-10-22-19(21)23-13-16-5-3-15(12-20)4-6-16/h3-8,11H,9-10,13H2,1-2H3,(H3,21,22,23). The Hall–Kier alpha value is -3.20. The monoisotopic (exact) mass is 338 g/mol. The van der Waals surface area contributed by atoms with Gasteiger partial charge in [-0.25, -0.2) is 4.99 Å². The van der Waals surface area contributed by atoms with Gasteiger partial charge in [0.1, 0.15) is 0 Å². The number of methoxy groups -OCH3 is 2. The van der Waals surface area contributed by atoms with E-state index in [2.05, 4.69) is 16.4 Å². The molecule has 0 bridgehead atoms. The van der Waals surface area contributed by atoms with Crippen LogP contribution in [0.1, 0.15) is 16.7 Å². The van der Waals surface area contributed by atoms with Crippen LogP contribution in [-0.2, 0) is 13.0 Å². The summed E-state index contributed by atoms with van der Waals surface area (Å²) in [7, 11) is 3.23. The Balaban J connectivity index is 1.83. The lowest BCUT2D eigenvalue weighted by Crippen LogP contribution is -2.33. The van der Waals surface area contributed by atoms with Crippen LogP contribution in [0.25, 0.3) is 0 Å². The highest BCUT2D eigenvalue weighted by Gasteiger charge is 2.04. The third-order valence-electron chi connectivity index (χ3n) is 3.68. The first-order chi connectivity index (χ1) is 12.2. The third kappa shape index (κ3) is 5.43. The van der Waals surface area contributed by atoms with Crippen molar-refractivity contribution in [3.8, 4) is 17.6 Å². The molecule has 0 radical (unpaired) electrons. The average molecular weight is 338 g/mol. The molecule has 0 aliphatic heterocycles. The average Bonchev–Trinajstić information content (AvgIpc) is 2.66. The summed E-state index contributed by atoms with van der Waals surface area (Å²) >= 11 is 0. The number of nitrogens with two attached hydrogens (primary N) is 1. The van der Waals surface area contributed by atoms with Crippen molar-refractivity contribution < 1.29 is 9.47 Å². The number of hydrogen-bond donors (Lipinski definition) is 2. The van der Waals surface area contributed by atoms with E-state index in [1.807, 2.05) is 30.3 Å². The Bertz CT molecular complexity index is 764. The second-order valence-corrected chi connectivity index (χ2v) is 5.38. The van der Waals surface area contributed by atoms with Gasteiger partial charge in [-0.05, 0) is 41.8 Å². The van der Waals surface area contributed by atoms with Crippen molar-refractivity contribution in [1.29, 1.82) is 5.26 Å². The van der Waals surface area contributed by atoms with Gasteiger partial charge in [-0.2, -0.15) is 5.26 Å². The van der Waals surface area contributed by atoms with E-state index in [4.69, 9.17) is 20.5 Å². The van der Waals surface area contributed by atoms with E-state index in [1.54, 1.807) is 26.4 Å². The molecule has 0 fully saturated rings. The Labute approximate surface area is 147 Å². The van der Waals surface area contributed by atoms with Crippen LogP contribution in [-0.4, -0.2) is 26.7 Å². The second-order valence-electron chi connectivity index (χ2n) is 5.38. The van der Waals surface area contributed by atoms with Crippen LogP contribution in [0.3, 0.4) is 0 Å². The van der Waals surface area contributed by atoms with Gasteiger partial charge < -0.3 is 20.5 Å². The van der Waals surface area contributed by atoms with Gasteiger partial charge >= 0.3 is 0 Å². The normalized spacial score (nSPS) is 10.8. The molecule has 25 heavy (non-hydrogen) atoms. The predicted molar refractivity (Wildman–Crippen MR) is 97.7 cm³/mol. The van der Waals surface area contributed by atoms with E-state index in [-0.39, 0.29) is 0 Å². The lowest BCUT2D eigenvalue weighted by molar-refractivity contribution is 0.354. The highest BCUT2D eigenvalue weighted by Crippen LogP contribution is 2.27. The molecule has 0 atom stereocenters. The van der Waals surface area contributed by atoms with Gasteiger partial charge in [-0.15, -0.1) is 0 Å². The van der Waals surface area contributed by atoms with E-state index >= 15 is 0 Å². The van der Waals surface area contributed by atoms with Crippen molar-refractivity contribution in [3.63, 3.8) is 0 Å². The number of guanidine groups is 1. The topological polar surface area (TPSA) is 92.7 Å². The van der Waals surface area contributed by atoms with Crippen LogP contribution < -0.4 is 20.5 Å². The first-order valence-corrected chi connectivity index (χ1v) is 7.90. The highest BCUT2D eigenvalue weighted by molar-refractivity contribution is 5.77. The molecule has 0 aliphatic rings. The van der Waals surface area contributed by atoms with Crippen molar-refractivity contribution in [1.82, 2.24) is 5.32 Å². The van der Waals surface area contributed by atoms with Gasteiger partial charge in [-0.1, -0.05) is 18.2 Å². The maximum Gasteiger partial charge on any atom is 0.188 e. The Morgan fingerprint density at radius 3 is 2.40 bits per heavy atom. The summed E-state index contributed by atoms with van der Waals surface area (Å²) in [6.07, 6.45) is 0.785. The van der Waals surface area contributed by atoms with E-state index < -0.39 is 0 Å². The Morgan fingerprint density at radius 2 is 1.76 bits per heavy atom. The zero-order valence-electron chi connectivity index (χ0n) is 14.5. The van der Waals surface area contributed by atoms with Crippen LogP contribution in [0.5, 0.6) is 11.5 Å². The van der Waals surface area contributed by atoms with Crippen molar-refractivity contribution in [3.05, 3.63) is 59.2 Å². The summed E-state index contributed by atoms with van der Waals surface area (Å²) in [4.78, 5) is 4.30. The number of ether oxygens (including phenoxy) is 2. The molecule has 0 spiro atoms. The van der Waals surface area contributed by atoms with E-state index in [9.17, 15) is 0 Å². The summed E-state index contributed by atoms with van der Waals surface area (Å²) in [6, 6.07) is 15.2. The van der Waals surface area contributed by atoms with E-state index in [0.717, 1.165) is 17.5 Å². The van der Waals surface area contributed by atoms with Crippen LogP contribution in [0.2, 0.25) is 0 Å². The van der Waals surface area contributed by atoms with Gasteiger partial charge in [0.15, 0.2) is 17.5 Å². The first kappa shape index (κ1) is 18.1. The number of nitrogens with one attached hydrogen (secondary N) is 1. The molecule has 0 aliphatic carbocycles. The smallest absolute Gasteiger partial charge is 0.188 e. The van der Waals surface area contributed by atoms with Crippen molar-refractivity contribution >= 4 is 5.96 Å². The van der Waals surface area contributed by atoms with Gasteiger partial charge in [0, 0.05) is 6.54 Å². The molecule has 3 N–H and O–H groups in total. The Morgan fingerprint density at radius 1 is 1.08 bits per heavy atom. The van der Waals surface area contributed by atoms with Gasteiger partial charge in [0.25, 0.3) is 0 Å². The highest BCUT2D eigenvalue weighted by atomic mass is 16.5. The predicted octanol–water partition coefficient (Wildman–Crippen LogP) is 2.22. The maximum atomic E-state index is 8.78. The minimum atomic E-state index is 0.393. The van der Waals surface area contributed by atoms with Crippen LogP contribution in [0, 0.1) is 11.3 Å². The molecule has 130 valence electrons. The van der Waals surface area contributed by atoms with Crippen LogP contribution in [0.15, 0.2) is 47.5 Å². The number of hydrogen-bond acceptors (Lipinski definition) is 4. The molecule has 0 saturated carbocycles. The summed E-state index contributed by atoms with van der Waals surface area (Å²) in [5, 5.41) is 11.9. The molecule has 2 aromatic rings. The SMILES string of the molecule is COc1ccc(CCNC(N)=NCc2ccc(C#N)cc2)cc1OC. The van der Waals surface area contributed by atoms with Crippen molar-refractivity contribution in [2.75, 3.05) is 20.8 Å². The molecular formula is C19H22N4O2. The molecule has 0 amide bonds. The zero-order chi connectivity index (χ0) is 18.1. The van der Waals surface area contributed by atoms with Crippen LogP contribution >= 0.6 is 0 Å². The molecule has 2 aromatic carbocycles. The summed E-state index contributed by atoms with van der Waals surface area (Å²) < 4.78 is 10.5. The fourth-order valence-electron chi connectivity index (χ4n) is 2.29. The maximum absolute atomic E-state index is 8.78. The molecular weight excluding hydrogens is 316 g/mol. The molecule has 6 nitrogen and oxygen atoms in total. The first-order valence-electron chi connectivity index (χ1n) is 7.90. The summed E-state index contributed by atoms with van der Waals surface area (Å²) in [6.45, 7) is 1.14. The van der Waals surface area contributed by atoms with Crippen molar-refractivity contribution in [2.24, 2.45) is 10.7 Å². The summed E-state index contributed by atoms with van der Waals surface area (Å²) in [5.74, 6) is 1.81. The zero-order valence-corrected chi connectivity index (χ0v) is 14.5. The largest absolute Gasteiger partial charge is 0.493 e. The number of nitriles is 1. The molecule has 2 rings (SSSR count). The van der Waals surface area contributed by atoms with Gasteiger partial charge in [0.05, 0.1) is 32.4 Å². The number of rotatable bonds is 7. The van der Waals surface area contributed by atoms with E-state index in [0.29, 0.717) is 36.1 Å².